The van der Waals surface area contributed by atoms with Gasteiger partial charge in [0.05, 0.1) is 0 Å². The molecule has 0 heterocycles. The normalized spacial score (nSPS) is 11.1. The summed E-state index contributed by atoms with van der Waals surface area (Å²) in [5.74, 6) is 0. The van der Waals surface area contributed by atoms with Gasteiger partial charge in [0.15, 0.2) is 0 Å². The lowest BCUT2D eigenvalue weighted by atomic mass is 9.98. The Kier molecular flexibility index (Phi) is 5.28. The molecule has 0 spiro atoms. The highest BCUT2D eigenvalue weighted by molar-refractivity contribution is 5.75. The largest absolute Gasteiger partial charge is 0.0651 e. The molecule has 0 aliphatic rings. The van der Waals surface area contributed by atoms with Gasteiger partial charge in [0.1, 0.15) is 0 Å². The molecule has 0 amide bonds. The highest BCUT2D eigenvalue weighted by Gasteiger charge is 2.01. The fourth-order valence-electron chi connectivity index (χ4n) is 3.05. The van der Waals surface area contributed by atoms with E-state index < -0.39 is 0 Å². The number of aryl methyl sites for hydroxylation is 2. The molecule has 0 saturated carbocycles. The third-order valence-corrected chi connectivity index (χ3v) is 4.39. The molecule has 0 fully saturated rings. The topological polar surface area (TPSA) is 0 Å². The van der Waals surface area contributed by atoms with Crippen LogP contribution in [0.3, 0.4) is 0 Å². The second-order valence-electron chi connectivity index (χ2n) is 6.22. The number of benzene rings is 3. The third kappa shape index (κ3) is 3.83. The van der Waals surface area contributed by atoms with Crippen molar-refractivity contribution in [2.75, 3.05) is 0 Å². The van der Waals surface area contributed by atoms with Crippen LogP contribution in [0.1, 0.15) is 35.6 Å². The second kappa shape index (κ2) is 7.79. The summed E-state index contributed by atoms with van der Waals surface area (Å²) in [5, 5.41) is 0. The molecule has 0 aliphatic carbocycles. The number of hydrogen-bond acceptors (Lipinski definition) is 0. The zero-order chi connectivity index (χ0) is 16.8. The van der Waals surface area contributed by atoms with E-state index in [0.29, 0.717) is 0 Å². The lowest BCUT2D eigenvalue weighted by Crippen LogP contribution is -1.88. The molecule has 0 unspecified atom stereocenters. The first kappa shape index (κ1) is 16.3. The Morgan fingerprint density at radius 3 is 2.17 bits per heavy atom. The molecule has 0 nitrogen and oxygen atoms in total. The van der Waals surface area contributed by atoms with E-state index >= 15 is 0 Å². The van der Waals surface area contributed by atoms with Gasteiger partial charge in [-0.1, -0.05) is 98.3 Å². The smallest absolute Gasteiger partial charge is 0.0181 e. The first-order valence-corrected chi connectivity index (χ1v) is 8.70. The standard InChI is InChI=1S/C24H24/c1-3-9-21-12-7-8-13-23(21)16-14-20-15-17-24(18-19(20)2)22-10-5-4-6-11-22/h4-8,10-18H,3,9H2,1-2H3/b16-14+. The van der Waals surface area contributed by atoms with Gasteiger partial charge in [0.2, 0.25) is 0 Å². The quantitative estimate of drug-likeness (QED) is 0.455. The summed E-state index contributed by atoms with van der Waals surface area (Å²) in [5.41, 5.74) is 7.88. The molecule has 0 heteroatoms. The number of rotatable bonds is 5. The predicted octanol–water partition coefficient (Wildman–Crippen LogP) is 6.78. The summed E-state index contributed by atoms with van der Waals surface area (Å²) in [4.78, 5) is 0. The van der Waals surface area contributed by atoms with Crippen LogP contribution in [0.2, 0.25) is 0 Å². The maximum absolute atomic E-state index is 2.27. The third-order valence-electron chi connectivity index (χ3n) is 4.39. The summed E-state index contributed by atoms with van der Waals surface area (Å²) in [6.07, 6.45) is 6.79. The fraction of sp³-hybridized carbons (Fsp3) is 0.167. The van der Waals surface area contributed by atoms with Crippen LogP contribution in [0.5, 0.6) is 0 Å². The average molecular weight is 312 g/mol. The van der Waals surface area contributed by atoms with Crippen molar-refractivity contribution in [3.8, 4) is 11.1 Å². The summed E-state index contributed by atoms with van der Waals surface area (Å²) >= 11 is 0. The van der Waals surface area contributed by atoms with Gasteiger partial charge in [0.25, 0.3) is 0 Å². The molecule has 3 aromatic rings. The van der Waals surface area contributed by atoms with E-state index in [9.17, 15) is 0 Å². The zero-order valence-corrected chi connectivity index (χ0v) is 14.5. The van der Waals surface area contributed by atoms with Crippen molar-refractivity contribution in [2.45, 2.75) is 26.7 Å². The molecule has 0 atom stereocenters. The molecule has 0 radical (unpaired) electrons. The Balaban J connectivity index is 1.86. The minimum atomic E-state index is 1.13. The lowest BCUT2D eigenvalue weighted by molar-refractivity contribution is 0.920. The van der Waals surface area contributed by atoms with E-state index in [-0.39, 0.29) is 0 Å². The van der Waals surface area contributed by atoms with Crippen molar-refractivity contribution in [2.24, 2.45) is 0 Å². The number of hydrogen-bond donors (Lipinski definition) is 0. The van der Waals surface area contributed by atoms with Crippen LogP contribution in [0.15, 0.2) is 72.8 Å². The van der Waals surface area contributed by atoms with Gasteiger partial charge in [-0.2, -0.15) is 0 Å². The van der Waals surface area contributed by atoms with Crippen LogP contribution < -0.4 is 0 Å². The van der Waals surface area contributed by atoms with E-state index in [4.69, 9.17) is 0 Å². The van der Waals surface area contributed by atoms with Crippen LogP contribution in [-0.4, -0.2) is 0 Å². The molecule has 0 aliphatic heterocycles. The van der Waals surface area contributed by atoms with Crippen LogP contribution in [0.4, 0.5) is 0 Å². The Bertz CT molecular complexity index is 826. The molecular weight excluding hydrogens is 288 g/mol. The minimum Gasteiger partial charge on any atom is -0.0651 e. The van der Waals surface area contributed by atoms with Gasteiger partial charge in [0, 0.05) is 0 Å². The van der Waals surface area contributed by atoms with Crippen molar-refractivity contribution >= 4 is 12.2 Å². The van der Waals surface area contributed by atoms with E-state index in [1.54, 1.807) is 0 Å². The SMILES string of the molecule is CCCc1ccccc1/C=C/c1ccc(-c2ccccc2)cc1C. The minimum absolute atomic E-state index is 1.13. The van der Waals surface area contributed by atoms with Crippen LogP contribution in [0.25, 0.3) is 23.3 Å². The monoisotopic (exact) mass is 312 g/mol. The van der Waals surface area contributed by atoms with Gasteiger partial charge in [-0.25, -0.2) is 0 Å². The second-order valence-corrected chi connectivity index (χ2v) is 6.22. The van der Waals surface area contributed by atoms with E-state index in [2.05, 4.69) is 98.8 Å². The molecule has 3 rings (SSSR count). The molecule has 0 bridgehead atoms. The predicted molar refractivity (Wildman–Crippen MR) is 106 cm³/mol. The van der Waals surface area contributed by atoms with Gasteiger partial charge in [-0.05, 0) is 46.7 Å². The van der Waals surface area contributed by atoms with Gasteiger partial charge < -0.3 is 0 Å². The Morgan fingerprint density at radius 2 is 1.42 bits per heavy atom. The zero-order valence-electron chi connectivity index (χ0n) is 14.5. The van der Waals surface area contributed by atoms with Crippen molar-refractivity contribution < 1.29 is 0 Å². The highest BCUT2D eigenvalue weighted by Crippen LogP contribution is 2.23. The molecule has 3 aromatic carbocycles. The first-order chi connectivity index (χ1) is 11.8. The van der Waals surface area contributed by atoms with Crippen LogP contribution in [0, 0.1) is 6.92 Å². The van der Waals surface area contributed by atoms with E-state index in [1.807, 2.05) is 0 Å². The van der Waals surface area contributed by atoms with Crippen molar-refractivity contribution in [3.05, 3.63) is 95.1 Å². The molecule has 120 valence electrons. The van der Waals surface area contributed by atoms with Gasteiger partial charge in [-0.3, -0.25) is 0 Å². The van der Waals surface area contributed by atoms with Crippen molar-refractivity contribution in [3.63, 3.8) is 0 Å². The molecule has 0 saturated heterocycles. The summed E-state index contributed by atoms with van der Waals surface area (Å²) in [7, 11) is 0. The van der Waals surface area contributed by atoms with Crippen LogP contribution in [-0.2, 0) is 6.42 Å². The Morgan fingerprint density at radius 1 is 0.708 bits per heavy atom. The lowest BCUT2D eigenvalue weighted by Gasteiger charge is -2.07. The van der Waals surface area contributed by atoms with Crippen molar-refractivity contribution in [1.29, 1.82) is 0 Å². The highest BCUT2D eigenvalue weighted by atomic mass is 14.1. The molecular formula is C24H24. The first-order valence-electron chi connectivity index (χ1n) is 8.70. The Labute approximate surface area is 145 Å². The van der Waals surface area contributed by atoms with Gasteiger partial charge in [-0.15, -0.1) is 0 Å². The molecule has 0 aromatic heterocycles. The maximum Gasteiger partial charge on any atom is -0.0181 e. The van der Waals surface area contributed by atoms with Gasteiger partial charge >= 0.3 is 0 Å². The van der Waals surface area contributed by atoms with Crippen LogP contribution >= 0.6 is 0 Å². The van der Waals surface area contributed by atoms with E-state index in [0.717, 1.165) is 6.42 Å². The fourth-order valence-corrected chi connectivity index (χ4v) is 3.05. The summed E-state index contributed by atoms with van der Waals surface area (Å²) in [6, 6.07) is 25.9. The summed E-state index contributed by atoms with van der Waals surface area (Å²) < 4.78 is 0. The molecule has 0 N–H and O–H groups in total. The molecule has 24 heavy (non-hydrogen) atoms. The Hall–Kier alpha value is -2.60. The summed E-state index contributed by atoms with van der Waals surface area (Å²) in [6.45, 7) is 4.41. The van der Waals surface area contributed by atoms with Crippen molar-refractivity contribution in [1.82, 2.24) is 0 Å². The van der Waals surface area contributed by atoms with E-state index in [1.165, 1.54) is 39.8 Å². The average Bonchev–Trinajstić information content (AvgIpc) is 2.63. The maximum atomic E-state index is 2.27.